The summed E-state index contributed by atoms with van der Waals surface area (Å²) in [5.74, 6) is 0.181. The fourth-order valence-electron chi connectivity index (χ4n) is 4.16. The number of hydrogen-bond acceptors (Lipinski definition) is 4. The number of anilines is 2. The van der Waals surface area contributed by atoms with Gasteiger partial charge in [0.2, 0.25) is 11.8 Å². The average Bonchev–Trinajstić information content (AvgIpc) is 2.85. The van der Waals surface area contributed by atoms with E-state index < -0.39 is 12.0 Å². The number of hydrogen-bond donors (Lipinski definition) is 1. The number of methoxy groups -OCH3 is 2. The molecule has 1 N–H and O–H groups in total. The summed E-state index contributed by atoms with van der Waals surface area (Å²) < 4.78 is 23.8. The third-order valence-electron chi connectivity index (χ3n) is 5.85. The lowest BCUT2D eigenvalue weighted by atomic mass is 9.83. The molecule has 0 saturated carbocycles. The van der Waals surface area contributed by atoms with Gasteiger partial charge in [0.15, 0.2) is 0 Å². The molecule has 1 saturated heterocycles. The maximum Gasteiger partial charge on any atom is 0.229 e. The quantitative estimate of drug-likeness (QED) is 0.578. The molecule has 1 heterocycles. The molecule has 0 aromatic heterocycles. The predicted molar refractivity (Wildman–Crippen MR) is 124 cm³/mol. The van der Waals surface area contributed by atoms with Crippen molar-refractivity contribution in [1.82, 2.24) is 0 Å². The molecule has 0 bridgehead atoms. The van der Waals surface area contributed by atoms with Crippen LogP contribution in [0.4, 0.5) is 15.8 Å². The number of rotatable bonds is 6. The highest BCUT2D eigenvalue weighted by atomic mass is 19.1. The fraction of sp³-hybridized carbons (Fsp3) is 0.231. The number of carbonyl (C=O) groups excluding carboxylic acids is 2. The summed E-state index contributed by atoms with van der Waals surface area (Å²) in [6, 6.07) is 19.7. The van der Waals surface area contributed by atoms with Gasteiger partial charge in [-0.25, -0.2) is 4.39 Å². The van der Waals surface area contributed by atoms with Crippen molar-refractivity contribution in [2.75, 3.05) is 24.4 Å². The van der Waals surface area contributed by atoms with Crippen LogP contribution in [0.1, 0.15) is 24.4 Å². The van der Waals surface area contributed by atoms with Gasteiger partial charge in [-0.3, -0.25) is 9.59 Å². The van der Waals surface area contributed by atoms with Gasteiger partial charge in [-0.2, -0.15) is 0 Å². The minimum atomic E-state index is -0.522. The summed E-state index contributed by atoms with van der Waals surface area (Å²) in [6.07, 6.45) is 0.634. The number of nitrogens with one attached hydrogen (secondary N) is 1. The SMILES string of the molecule is COc1ccc([C@H]2[C@@H](C(=O)Nc3ccc(F)cc3)CCC(=O)N2c2ccc(OC)cc2)cc1. The van der Waals surface area contributed by atoms with Crippen LogP contribution in [0.25, 0.3) is 0 Å². The molecule has 0 aliphatic carbocycles. The van der Waals surface area contributed by atoms with E-state index in [2.05, 4.69) is 5.32 Å². The van der Waals surface area contributed by atoms with Crippen molar-refractivity contribution in [3.05, 3.63) is 84.2 Å². The molecule has 170 valence electrons. The van der Waals surface area contributed by atoms with Gasteiger partial charge in [0.25, 0.3) is 0 Å². The Balaban J connectivity index is 1.72. The van der Waals surface area contributed by atoms with Crippen molar-refractivity contribution < 1.29 is 23.5 Å². The van der Waals surface area contributed by atoms with E-state index in [0.717, 1.165) is 5.56 Å². The Hall–Kier alpha value is -3.87. The zero-order chi connectivity index (χ0) is 23.4. The van der Waals surface area contributed by atoms with Crippen LogP contribution in [-0.4, -0.2) is 26.0 Å². The fourth-order valence-corrected chi connectivity index (χ4v) is 4.16. The van der Waals surface area contributed by atoms with E-state index in [0.29, 0.717) is 29.3 Å². The van der Waals surface area contributed by atoms with Crippen LogP contribution >= 0.6 is 0 Å². The van der Waals surface area contributed by atoms with Gasteiger partial charge in [-0.05, 0) is 72.6 Å². The first kappa shape index (κ1) is 22.3. The maximum atomic E-state index is 13.4. The molecule has 0 radical (unpaired) electrons. The van der Waals surface area contributed by atoms with Crippen LogP contribution in [0.2, 0.25) is 0 Å². The van der Waals surface area contributed by atoms with E-state index in [1.54, 1.807) is 31.3 Å². The number of nitrogens with zero attached hydrogens (tertiary/aromatic N) is 1. The van der Waals surface area contributed by atoms with Crippen LogP contribution in [-0.2, 0) is 9.59 Å². The van der Waals surface area contributed by atoms with Crippen LogP contribution < -0.4 is 19.7 Å². The first-order valence-corrected chi connectivity index (χ1v) is 10.7. The van der Waals surface area contributed by atoms with Gasteiger partial charge in [-0.1, -0.05) is 12.1 Å². The molecule has 0 spiro atoms. The molecule has 3 aromatic rings. The van der Waals surface area contributed by atoms with Crippen molar-refractivity contribution >= 4 is 23.2 Å². The molecule has 4 rings (SSSR count). The van der Waals surface area contributed by atoms with Crippen molar-refractivity contribution in [2.45, 2.75) is 18.9 Å². The Kier molecular flexibility index (Phi) is 6.58. The molecule has 2 amide bonds. The second-order valence-corrected chi connectivity index (χ2v) is 7.82. The highest BCUT2D eigenvalue weighted by Gasteiger charge is 2.41. The monoisotopic (exact) mass is 448 g/mol. The van der Waals surface area contributed by atoms with E-state index >= 15 is 0 Å². The zero-order valence-corrected chi connectivity index (χ0v) is 18.5. The summed E-state index contributed by atoms with van der Waals surface area (Å²) in [4.78, 5) is 28.2. The molecule has 33 heavy (non-hydrogen) atoms. The number of piperidine rings is 1. The van der Waals surface area contributed by atoms with Crippen LogP contribution in [0.3, 0.4) is 0 Å². The molecular formula is C26H25FN2O4. The first-order chi connectivity index (χ1) is 16.0. The van der Waals surface area contributed by atoms with Gasteiger partial charge in [0.05, 0.1) is 26.2 Å². The van der Waals surface area contributed by atoms with Crippen molar-refractivity contribution in [3.8, 4) is 11.5 Å². The summed E-state index contributed by atoms with van der Waals surface area (Å²) in [6.45, 7) is 0. The van der Waals surface area contributed by atoms with Gasteiger partial charge >= 0.3 is 0 Å². The standard InChI is InChI=1S/C26H25FN2O4/c1-32-21-11-3-17(4-12-21)25-23(26(31)28-19-7-5-18(27)6-8-19)15-16-24(30)29(25)20-9-13-22(33-2)14-10-20/h3-14,23,25H,15-16H2,1-2H3,(H,28,31)/t23-,25-/m0/s1. The number of ether oxygens (including phenoxy) is 2. The Morgan fingerprint density at radius 3 is 2.06 bits per heavy atom. The number of carbonyl (C=O) groups is 2. The minimum absolute atomic E-state index is 0.0631. The highest BCUT2D eigenvalue weighted by molar-refractivity contribution is 6.00. The predicted octanol–water partition coefficient (Wildman–Crippen LogP) is 4.97. The topological polar surface area (TPSA) is 67.9 Å². The third kappa shape index (κ3) is 4.82. The summed E-state index contributed by atoms with van der Waals surface area (Å²) >= 11 is 0. The first-order valence-electron chi connectivity index (χ1n) is 10.7. The number of benzene rings is 3. The maximum absolute atomic E-state index is 13.4. The molecule has 0 unspecified atom stereocenters. The number of amides is 2. The van der Waals surface area contributed by atoms with E-state index in [1.165, 1.54) is 24.3 Å². The van der Waals surface area contributed by atoms with Crippen LogP contribution in [0, 0.1) is 11.7 Å². The smallest absolute Gasteiger partial charge is 0.229 e. The van der Waals surface area contributed by atoms with Gasteiger partial charge < -0.3 is 19.7 Å². The lowest BCUT2D eigenvalue weighted by Crippen LogP contribution is -2.46. The van der Waals surface area contributed by atoms with Gasteiger partial charge in [0.1, 0.15) is 17.3 Å². The van der Waals surface area contributed by atoms with Crippen LogP contribution in [0.5, 0.6) is 11.5 Å². The summed E-state index contributed by atoms with van der Waals surface area (Å²) in [5.41, 5.74) is 2.00. The summed E-state index contributed by atoms with van der Waals surface area (Å²) in [5, 5.41) is 2.88. The molecule has 7 heteroatoms. The molecular weight excluding hydrogens is 423 g/mol. The number of halogens is 1. The minimum Gasteiger partial charge on any atom is -0.497 e. The van der Waals surface area contributed by atoms with Crippen molar-refractivity contribution in [2.24, 2.45) is 5.92 Å². The molecule has 2 atom stereocenters. The largest absolute Gasteiger partial charge is 0.497 e. The van der Waals surface area contributed by atoms with E-state index in [1.807, 2.05) is 36.4 Å². The van der Waals surface area contributed by atoms with E-state index in [-0.39, 0.29) is 24.1 Å². The normalized spacial score (nSPS) is 18.0. The Morgan fingerprint density at radius 1 is 0.909 bits per heavy atom. The second kappa shape index (κ2) is 9.73. The summed E-state index contributed by atoms with van der Waals surface area (Å²) in [7, 11) is 3.17. The highest BCUT2D eigenvalue weighted by Crippen LogP contribution is 2.41. The van der Waals surface area contributed by atoms with Gasteiger partial charge in [0, 0.05) is 17.8 Å². The van der Waals surface area contributed by atoms with E-state index in [4.69, 9.17) is 9.47 Å². The zero-order valence-electron chi connectivity index (χ0n) is 18.5. The Labute approximate surface area is 191 Å². The third-order valence-corrected chi connectivity index (χ3v) is 5.85. The van der Waals surface area contributed by atoms with E-state index in [9.17, 15) is 14.0 Å². The van der Waals surface area contributed by atoms with Gasteiger partial charge in [-0.15, -0.1) is 0 Å². The molecule has 1 aliphatic rings. The molecule has 3 aromatic carbocycles. The molecule has 1 aliphatic heterocycles. The lowest BCUT2D eigenvalue weighted by Gasteiger charge is -2.41. The van der Waals surface area contributed by atoms with Crippen LogP contribution in [0.15, 0.2) is 72.8 Å². The molecule has 6 nitrogen and oxygen atoms in total. The van der Waals surface area contributed by atoms with Crippen molar-refractivity contribution in [1.29, 1.82) is 0 Å². The average molecular weight is 448 g/mol. The Morgan fingerprint density at radius 2 is 1.48 bits per heavy atom. The second-order valence-electron chi connectivity index (χ2n) is 7.82. The van der Waals surface area contributed by atoms with Crippen molar-refractivity contribution in [3.63, 3.8) is 0 Å². The Bertz CT molecular complexity index is 1110. The molecule has 1 fully saturated rings. The lowest BCUT2D eigenvalue weighted by molar-refractivity contribution is -0.125.